The SMILES string of the molecule is COc1ccc(C2C(C(=O)c3sc(C)nc3C)=C(O)C(=O)N2Cc2cccs2)cc1. The molecule has 1 aliphatic heterocycles. The van der Waals surface area contributed by atoms with Crippen LogP contribution in [0.2, 0.25) is 0 Å². The van der Waals surface area contributed by atoms with Crippen molar-refractivity contribution in [1.29, 1.82) is 0 Å². The Balaban J connectivity index is 1.81. The number of benzene rings is 1. The highest BCUT2D eigenvalue weighted by Crippen LogP contribution is 2.41. The standard InChI is InChI=1S/C22H20N2O4S2/c1-12-21(30-13(2)23-12)19(25)17-18(14-6-8-15(28-3)9-7-14)24(22(27)20(17)26)11-16-5-4-10-29-16/h4-10,18,26H,11H2,1-3H3. The molecule has 6 nitrogen and oxygen atoms in total. The molecule has 2 aromatic heterocycles. The molecule has 4 rings (SSSR count). The lowest BCUT2D eigenvalue weighted by Gasteiger charge is -2.26. The maximum atomic E-state index is 13.4. The summed E-state index contributed by atoms with van der Waals surface area (Å²) >= 11 is 2.79. The van der Waals surface area contributed by atoms with Crippen molar-refractivity contribution >= 4 is 34.4 Å². The average Bonchev–Trinajstić information content (AvgIpc) is 3.43. The summed E-state index contributed by atoms with van der Waals surface area (Å²) in [4.78, 5) is 33.7. The minimum Gasteiger partial charge on any atom is -0.503 e. The van der Waals surface area contributed by atoms with Crippen molar-refractivity contribution in [3.63, 3.8) is 0 Å². The van der Waals surface area contributed by atoms with Gasteiger partial charge in [-0.15, -0.1) is 22.7 Å². The van der Waals surface area contributed by atoms with Gasteiger partial charge < -0.3 is 14.7 Å². The topological polar surface area (TPSA) is 79.7 Å². The van der Waals surface area contributed by atoms with E-state index < -0.39 is 17.7 Å². The fraction of sp³-hybridized carbons (Fsp3) is 0.227. The maximum Gasteiger partial charge on any atom is 0.290 e. The first-order chi connectivity index (χ1) is 14.4. The summed E-state index contributed by atoms with van der Waals surface area (Å²) in [6.45, 7) is 3.89. The van der Waals surface area contributed by atoms with E-state index in [9.17, 15) is 14.7 Å². The maximum absolute atomic E-state index is 13.4. The van der Waals surface area contributed by atoms with Gasteiger partial charge in [0.1, 0.15) is 5.75 Å². The van der Waals surface area contributed by atoms with E-state index in [1.165, 1.54) is 22.7 Å². The molecule has 154 valence electrons. The van der Waals surface area contributed by atoms with Gasteiger partial charge in [-0.3, -0.25) is 9.59 Å². The van der Waals surface area contributed by atoms with Crippen molar-refractivity contribution in [3.8, 4) is 5.75 Å². The van der Waals surface area contributed by atoms with Gasteiger partial charge in [0.15, 0.2) is 5.76 Å². The van der Waals surface area contributed by atoms with E-state index in [0.717, 1.165) is 15.4 Å². The zero-order valence-electron chi connectivity index (χ0n) is 16.7. The van der Waals surface area contributed by atoms with Gasteiger partial charge in [-0.2, -0.15) is 0 Å². The lowest BCUT2D eigenvalue weighted by atomic mass is 9.95. The molecule has 0 spiro atoms. The number of aliphatic hydroxyl groups excluding tert-OH is 1. The van der Waals surface area contributed by atoms with Gasteiger partial charge in [0.05, 0.1) is 40.8 Å². The number of carbonyl (C=O) groups is 2. The van der Waals surface area contributed by atoms with Gasteiger partial charge in [-0.1, -0.05) is 18.2 Å². The highest BCUT2D eigenvalue weighted by molar-refractivity contribution is 7.14. The lowest BCUT2D eigenvalue weighted by molar-refractivity contribution is -0.130. The summed E-state index contributed by atoms with van der Waals surface area (Å²) in [7, 11) is 1.58. The Hall–Kier alpha value is -2.97. The zero-order valence-corrected chi connectivity index (χ0v) is 18.3. The third-order valence-corrected chi connectivity index (χ3v) is 6.93. The van der Waals surface area contributed by atoms with Crippen molar-refractivity contribution in [3.05, 3.63) is 79.1 Å². The average molecular weight is 441 g/mol. The largest absolute Gasteiger partial charge is 0.503 e. The molecule has 0 bridgehead atoms. The zero-order chi connectivity index (χ0) is 21.4. The number of aliphatic hydroxyl groups is 1. The van der Waals surface area contributed by atoms with Gasteiger partial charge in [-0.05, 0) is 43.0 Å². The van der Waals surface area contributed by atoms with Gasteiger partial charge in [0.2, 0.25) is 5.78 Å². The van der Waals surface area contributed by atoms with Crippen molar-refractivity contribution in [2.75, 3.05) is 7.11 Å². The van der Waals surface area contributed by atoms with E-state index >= 15 is 0 Å². The second-order valence-corrected chi connectivity index (χ2v) is 9.16. The number of nitrogens with zero attached hydrogens (tertiary/aromatic N) is 2. The fourth-order valence-corrected chi connectivity index (χ4v) is 5.19. The van der Waals surface area contributed by atoms with E-state index in [2.05, 4.69) is 4.98 Å². The Kier molecular flexibility index (Phi) is 5.44. The van der Waals surface area contributed by atoms with Crippen molar-refractivity contribution in [2.24, 2.45) is 0 Å². The predicted octanol–water partition coefficient (Wildman–Crippen LogP) is 4.61. The first-order valence-corrected chi connectivity index (χ1v) is 11.0. The van der Waals surface area contributed by atoms with E-state index in [-0.39, 0.29) is 11.4 Å². The summed E-state index contributed by atoms with van der Waals surface area (Å²) in [5.74, 6) is -0.740. The van der Waals surface area contributed by atoms with Crippen LogP contribution in [0.25, 0.3) is 0 Å². The van der Waals surface area contributed by atoms with E-state index in [4.69, 9.17) is 4.74 Å². The highest BCUT2D eigenvalue weighted by Gasteiger charge is 2.44. The van der Waals surface area contributed by atoms with Gasteiger partial charge >= 0.3 is 0 Å². The summed E-state index contributed by atoms with van der Waals surface area (Å²) in [5.41, 5.74) is 1.42. The van der Waals surface area contributed by atoms with Crippen molar-refractivity contribution < 1.29 is 19.4 Å². The van der Waals surface area contributed by atoms with E-state index in [0.29, 0.717) is 22.9 Å². The van der Waals surface area contributed by atoms with E-state index in [1.807, 2.05) is 36.6 Å². The molecule has 0 radical (unpaired) electrons. The molecular weight excluding hydrogens is 420 g/mol. The number of hydrogen-bond acceptors (Lipinski definition) is 7. The fourth-order valence-electron chi connectivity index (χ4n) is 3.62. The smallest absolute Gasteiger partial charge is 0.290 e. The van der Waals surface area contributed by atoms with Crippen LogP contribution in [0.1, 0.15) is 36.9 Å². The molecule has 1 atom stereocenters. The van der Waals surface area contributed by atoms with Crippen molar-refractivity contribution in [2.45, 2.75) is 26.4 Å². The molecule has 1 amide bonds. The number of ether oxygens (including phenoxy) is 1. The first-order valence-electron chi connectivity index (χ1n) is 9.30. The Labute approximate surface area is 182 Å². The van der Waals surface area contributed by atoms with Crippen LogP contribution in [0.15, 0.2) is 53.1 Å². The van der Waals surface area contributed by atoms with Crippen LogP contribution in [-0.2, 0) is 11.3 Å². The number of ketones is 1. The Morgan fingerprint density at radius 3 is 2.53 bits per heavy atom. The van der Waals surface area contributed by atoms with Crippen molar-refractivity contribution in [1.82, 2.24) is 9.88 Å². The molecule has 1 aromatic carbocycles. The second kappa shape index (κ2) is 8.04. The summed E-state index contributed by atoms with van der Waals surface area (Å²) in [6, 6.07) is 10.3. The quantitative estimate of drug-likeness (QED) is 0.566. The predicted molar refractivity (Wildman–Crippen MR) is 116 cm³/mol. The first kappa shape index (κ1) is 20.3. The Morgan fingerprint density at radius 2 is 1.97 bits per heavy atom. The Bertz CT molecular complexity index is 1130. The summed E-state index contributed by atoms with van der Waals surface area (Å²) in [6.07, 6.45) is 0. The molecule has 3 aromatic rings. The third kappa shape index (κ3) is 3.53. The van der Waals surface area contributed by atoms with Crippen LogP contribution in [0.3, 0.4) is 0 Å². The molecule has 0 aliphatic carbocycles. The number of methoxy groups -OCH3 is 1. The number of amides is 1. The summed E-state index contributed by atoms with van der Waals surface area (Å²) < 4.78 is 5.23. The minimum atomic E-state index is -0.695. The monoisotopic (exact) mass is 440 g/mol. The molecule has 8 heteroatoms. The molecule has 0 saturated carbocycles. The number of Topliss-reactive ketones (excluding diaryl/α,β-unsaturated/α-hetero) is 1. The van der Waals surface area contributed by atoms with Crippen LogP contribution in [0.5, 0.6) is 5.75 Å². The number of hydrogen-bond donors (Lipinski definition) is 1. The third-order valence-electron chi connectivity index (χ3n) is 5.00. The highest BCUT2D eigenvalue weighted by atomic mass is 32.1. The van der Waals surface area contributed by atoms with Crippen LogP contribution in [-0.4, -0.2) is 33.8 Å². The number of thiophene rings is 1. The van der Waals surface area contributed by atoms with Crippen LogP contribution in [0, 0.1) is 13.8 Å². The van der Waals surface area contributed by atoms with Crippen LogP contribution < -0.4 is 4.74 Å². The van der Waals surface area contributed by atoms with E-state index in [1.54, 1.807) is 31.1 Å². The molecule has 0 saturated heterocycles. The number of aryl methyl sites for hydroxylation is 2. The van der Waals surface area contributed by atoms with Gasteiger partial charge in [0.25, 0.3) is 5.91 Å². The molecule has 3 heterocycles. The number of thiazole rings is 1. The number of aromatic nitrogens is 1. The lowest BCUT2D eigenvalue weighted by Crippen LogP contribution is -2.30. The molecule has 0 fully saturated rings. The molecule has 30 heavy (non-hydrogen) atoms. The van der Waals surface area contributed by atoms with Crippen LogP contribution in [0.4, 0.5) is 0 Å². The minimum absolute atomic E-state index is 0.0912. The van der Waals surface area contributed by atoms with Crippen LogP contribution >= 0.6 is 22.7 Å². The molecule has 1 aliphatic rings. The second-order valence-electron chi connectivity index (χ2n) is 6.93. The summed E-state index contributed by atoms with van der Waals surface area (Å²) in [5, 5.41) is 13.4. The number of rotatable bonds is 6. The molecule has 1 unspecified atom stereocenters. The normalized spacial score (nSPS) is 16.4. The molecule has 1 N–H and O–H groups in total. The van der Waals surface area contributed by atoms with Gasteiger partial charge in [0, 0.05) is 4.88 Å². The number of carbonyl (C=O) groups excluding carboxylic acids is 2. The Morgan fingerprint density at radius 1 is 1.23 bits per heavy atom. The van der Waals surface area contributed by atoms with Gasteiger partial charge in [-0.25, -0.2) is 4.98 Å². The molecular formula is C22H20N2O4S2.